The molecule has 14 heteroatoms. The highest BCUT2D eigenvalue weighted by molar-refractivity contribution is 6.30. The first-order valence-corrected chi connectivity index (χ1v) is 13.8. The van der Waals surface area contributed by atoms with E-state index in [2.05, 4.69) is 22.1 Å². The molecule has 1 amide bonds. The second-order valence-electron chi connectivity index (χ2n) is 10.4. The van der Waals surface area contributed by atoms with Gasteiger partial charge in [0, 0.05) is 23.2 Å². The van der Waals surface area contributed by atoms with Gasteiger partial charge in [0.05, 0.1) is 17.8 Å². The molecule has 0 aliphatic carbocycles. The van der Waals surface area contributed by atoms with Crippen molar-refractivity contribution in [1.29, 1.82) is 0 Å². The summed E-state index contributed by atoms with van der Waals surface area (Å²) in [5, 5.41) is 18.8. The number of nitrogens with zero attached hydrogens (tertiary/aromatic N) is 7. The number of alkyl halides is 3. The van der Waals surface area contributed by atoms with Crippen LogP contribution in [0.25, 0.3) is 17.1 Å². The first-order chi connectivity index (χ1) is 19.9. The number of carbonyl (C=O) groups excluding carboxylic acids is 1. The number of aliphatic hydroxyl groups is 1. The molecule has 1 aliphatic rings. The highest BCUT2D eigenvalue weighted by Crippen LogP contribution is 2.27. The van der Waals surface area contributed by atoms with Crippen LogP contribution in [0, 0.1) is 5.92 Å². The standard InChI is InChI=1S/C28H29ClF3N7O3/c1-17-6-5-13-36(18(17)2)26(41)21-7-3-4-8-22(21)39-16-33-24(34-39)15-38-27(42)37(14-23(40)28(30,31)32)25(35-38)19-9-11-20(29)12-10-19/h3-4,7-12,16-18,23,40H,5-6,13-15H2,1-2H3/t17?,18?,23-/m0/s1. The van der Waals surface area contributed by atoms with Gasteiger partial charge in [-0.05, 0) is 62.1 Å². The van der Waals surface area contributed by atoms with Gasteiger partial charge < -0.3 is 10.0 Å². The lowest BCUT2D eigenvalue weighted by atomic mass is 9.91. The zero-order valence-electron chi connectivity index (χ0n) is 22.9. The third-order valence-electron chi connectivity index (χ3n) is 7.60. The molecular formula is C28H29ClF3N7O3. The van der Waals surface area contributed by atoms with Crippen molar-refractivity contribution in [3.05, 3.63) is 81.8 Å². The molecule has 42 heavy (non-hydrogen) atoms. The first kappa shape index (κ1) is 29.5. The summed E-state index contributed by atoms with van der Waals surface area (Å²) in [6, 6.07) is 13.1. The number of likely N-dealkylation sites (tertiary alicyclic amines) is 1. The predicted octanol–water partition coefficient (Wildman–Crippen LogP) is 4.18. The Morgan fingerprint density at radius 1 is 1.12 bits per heavy atom. The van der Waals surface area contributed by atoms with Crippen LogP contribution in [0.5, 0.6) is 0 Å². The molecule has 0 saturated carbocycles. The van der Waals surface area contributed by atoms with Crippen LogP contribution in [0.2, 0.25) is 5.02 Å². The van der Waals surface area contributed by atoms with Gasteiger partial charge in [-0.25, -0.2) is 19.1 Å². The molecule has 4 aromatic rings. The van der Waals surface area contributed by atoms with Crippen LogP contribution in [0.3, 0.4) is 0 Å². The number of aliphatic hydroxyl groups excluding tert-OH is 1. The molecule has 3 heterocycles. The maximum atomic E-state index is 13.5. The molecule has 5 rings (SSSR count). The lowest BCUT2D eigenvalue weighted by molar-refractivity contribution is -0.207. The lowest BCUT2D eigenvalue weighted by Gasteiger charge is -2.38. The van der Waals surface area contributed by atoms with Crippen molar-refractivity contribution in [2.45, 2.75) is 58.1 Å². The van der Waals surface area contributed by atoms with Crippen LogP contribution in [0.15, 0.2) is 59.7 Å². The average molecular weight is 604 g/mol. The Morgan fingerprint density at radius 2 is 1.83 bits per heavy atom. The highest BCUT2D eigenvalue weighted by Gasteiger charge is 2.39. The summed E-state index contributed by atoms with van der Waals surface area (Å²) in [5.41, 5.74) is 0.391. The van der Waals surface area contributed by atoms with E-state index in [0.717, 1.165) is 22.1 Å². The Kier molecular flexibility index (Phi) is 8.24. The van der Waals surface area contributed by atoms with Crippen molar-refractivity contribution in [2.75, 3.05) is 6.54 Å². The normalized spacial score (nSPS) is 18.3. The fraction of sp³-hybridized carbons (Fsp3) is 0.393. The summed E-state index contributed by atoms with van der Waals surface area (Å²) in [4.78, 5) is 32.9. The minimum Gasteiger partial charge on any atom is -0.382 e. The summed E-state index contributed by atoms with van der Waals surface area (Å²) in [6.07, 6.45) is -4.33. The molecule has 2 aromatic carbocycles. The van der Waals surface area contributed by atoms with Gasteiger partial charge in [0.15, 0.2) is 17.8 Å². The predicted molar refractivity (Wildman–Crippen MR) is 148 cm³/mol. The summed E-state index contributed by atoms with van der Waals surface area (Å²) >= 11 is 5.94. The van der Waals surface area contributed by atoms with E-state index in [4.69, 9.17) is 11.6 Å². The van der Waals surface area contributed by atoms with Gasteiger partial charge in [0.25, 0.3) is 5.91 Å². The molecule has 1 fully saturated rings. The second-order valence-corrected chi connectivity index (χ2v) is 10.9. The number of para-hydroxylation sites is 1. The molecule has 1 saturated heterocycles. The Labute approximate surface area is 244 Å². The van der Waals surface area contributed by atoms with E-state index in [1.54, 1.807) is 24.3 Å². The molecule has 222 valence electrons. The van der Waals surface area contributed by atoms with Crippen molar-refractivity contribution in [2.24, 2.45) is 5.92 Å². The third kappa shape index (κ3) is 5.97. The Balaban J connectivity index is 1.45. The molecule has 0 bridgehead atoms. The molecule has 2 unspecified atom stereocenters. The Bertz CT molecular complexity index is 1630. The van der Waals surface area contributed by atoms with Crippen LogP contribution in [0.4, 0.5) is 13.2 Å². The lowest BCUT2D eigenvalue weighted by Crippen LogP contribution is -2.46. The van der Waals surface area contributed by atoms with E-state index in [9.17, 15) is 27.9 Å². The molecule has 0 radical (unpaired) electrons. The molecule has 3 atom stereocenters. The van der Waals surface area contributed by atoms with Crippen molar-refractivity contribution < 1.29 is 23.1 Å². The zero-order valence-corrected chi connectivity index (χ0v) is 23.6. The minimum absolute atomic E-state index is 0.0818. The van der Waals surface area contributed by atoms with Gasteiger partial charge in [-0.1, -0.05) is 30.7 Å². The van der Waals surface area contributed by atoms with Crippen LogP contribution in [-0.2, 0) is 13.1 Å². The maximum absolute atomic E-state index is 13.5. The summed E-state index contributed by atoms with van der Waals surface area (Å²) in [5.74, 6) is 0.316. The Hall–Kier alpha value is -3.97. The summed E-state index contributed by atoms with van der Waals surface area (Å²) in [6.45, 7) is 3.52. The number of carbonyl (C=O) groups is 1. The number of piperidine rings is 1. The number of hydrogen-bond acceptors (Lipinski definition) is 6. The Morgan fingerprint density at radius 3 is 2.55 bits per heavy atom. The van der Waals surface area contributed by atoms with Crippen LogP contribution < -0.4 is 5.69 Å². The molecular weight excluding hydrogens is 575 g/mol. The second kappa shape index (κ2) is 11.7. The van der Waals surface area contributed by atoms with E-state index in [1.807, 2.05) is 11.8 Å². The summed E-state index contributed by atoms with van der Waals surface area (Å²) in [7, 11) is 0. The highest BCUT2D eigenvalue weighted by atomic mass is 35.5. The summed E-state index contributed by atoms with van der Waals surface area (Å²) < 4.78 is 42.6. The van der Waals surface area contributed by atoms with E-state index < -0.39 is 24.5 Å². The number of hydrogen-bond donors (Lipinski definition) is 1. The number of halogens is 4. The first-order valence-electron chi connectivity index (χ1n) is 13.4. The average Bonchev–Trinajstić information content (AvgIpc) is 3.54. The SMILES string of the molecule is CC1CCCN(C(=O)c2ccccc2-n2cnc(Cn3nc(-c4ccc(Cl)cc4)n(C[C@H](O)C(F)(F)F)c3=O)n2)C1C. The third-order valence-corrected chi connectivity index (χ3v) is 7.86. The topological polar surface area (TPSA) is 111 Å². The van der Waals surface area contributed by atoms with Gasteiger partial charge in [0.2, 0.25) is 0 Å². The number of benzene rings is 2. The van der Waals surface area contributed by atoms with E-state index in [0.29, 0.717) is 34.3 Å². The van der Waals surface area contributed by atoms with Gasteiger partial charge in [-0.15, -0.1) is 10.2 Å². The smallest absolute Gasteiger partial charge is 0.382 e. The van der Waals surface area contributed by atoms with E-state index in [-0.39, 0.29) is 30.1 Å². The van der Waals surface area contributed by atoms with Crippen LogP contribution in [0.1, 0.15) is 42.9 Å². The van der Waals surface area contributed by atoms with Crippen LogP contribution >= 0.6 is 11.6 Å². The fourth-order valence-corrected chi connectivity index (χ4v) is 5.17. The monoisotopic (exact) mass is 603 g/mol. The van der Waals surface area contributed by atoms with Gasteiger partial charge in [-0.2, -0.15) is 13.2 Å². The van der Waals surface area contributed by atoms with Gasteiger partial charge >= 0.3 is 11.9 Å². The quantitative estimate of drug-likeness (QED) is 0.339. The molecule has 1 aliphatic heterocycles. The van der Waals surface area contributed by atoms with Crippen LogP contribution in [-0.4, -0.2) is 69.9 Å². The molecule has 0 spiro atoms. The fourth-order valence-electron chi connectivity index (χ4n) is 5.05. The maximum Gasteiger partial charge on any atom is 0.416 e. The van der Waals surface area contributed by atoms with Crippen molar-refractivity contribution in [1.82, 2.24) is 34.0 Å². The van der Waals surface area contributed by atoms with E-state index >= 15 is 0 Å². The largest absolute Gasteiger partial charge is 0.416 e. The molecule has 1 N–H and O–H groups in total. The molecule has 10 nitrogen and oxygen atoms in total. The minimum atomic E-state index is -4.94. The molecule has 2 aromatic heterocycles. The van der Waals surface area contributed by atoms with Crippen molar-refractivity contribution in [3.63, 3.8) is 0 Å². The van der Waals surface area contributed by atoms with Gasteiger partial charge in [0.1, 0.15) is 12.9 Å². The van der Waals surface area contributed by atoms with E-state index in [1.165, 1.54) is 35.3 Å². The number of rotatable bonds is 7. The zero-order chi connectivity index (χ0) is 30.2. The van der Waals surface area contributed by atoms with Gasteiger partial charge in [-0.3, -0.25) is 9.36 Å². The number of aromatic nitrogens is 6. The van der Waals surface area contributed by atoms with Crippen molar-refractivity contribution >= 4 is 17.5 Å². The number of amides is 1. The van der Waals surface area contributed by atoms with Crippen molar-refractivity contribution in [3.8, 4) is 17.1 Å².